The minimum Gasteiger partial charge on any atom is -0.478 e. The molecule has 4 aromatic rings. The fraction of sp³-hybridized carbons (Fsp3) is 0.258. The van der Waals surface area contributed by atoms with E-state index in [4.69, 9.17) is 5.11 Å². The average molecular weight is 547 g/mol. The van der Waals surface area contributed by atoms with Gasteiger partial charge in [0.1, 0.15) is 0 Å². The lowest BCUT2D eigenvalue weighted by atomic mass is 9.93. The van der Waals surface area contributed by atoms with Crippen molar-refractivity contribution in [2.75, 3.05) is 20.1 Å². The van der Waals surface area contributed by atoms with E-state index in [-0.39, 0.29) is 29.1 Å². The number of carboxylic acids is 1. The van der Waals surface area contributed by atoms with Crippen LogP contribution in [0.4, 0.5) is 0 Å². The number of rotatable bonds is 11. The summed E-state index contributed by atoms with van der Waals surface area (Å²) in [6, 6.07) is 27.3. The lowest BCUT2D eigenvalue weighted by Crippen LogP contribution is -2.47. The molecule has 0 saturated carbocycles. The number of nitrogens with zero attached hydrogens (tertiary/aromatic N) is 1. The van der Waals surface area contributed by atoms with Crippen LogP contribution in [0.15, 0.2) is 95.9 Å². The van der Waals surface area contributed by atoms with Gasteiger partial charge in [0.25, 0.3) is 0 Å². The SMILES string of the molecule is CN(C[C@H](O)CNC(C)(C)Cc1ccc2ccccc2c1)S(=O)(=O)c1cccc(-c2ccc(C(=O)O)cc2)c1. The van der Waals surface area contributed by atoms with Gasteiger partial charge in [-0.1, -0.05) is 66.7 Å². The van der Waals surface area contributed by atoms with Gasteiger partial charge in [-0.15, -0.1) is 0 Å². The fourth-order valence-electron chi connectivity index (χ4n) is 4.60. The zero-order valence-electron chi connectivity index (χ0n) is 22.3. The molecule has 0 saturated heterocycles. The Morgan fingerprint density at radius 2 is 1.59 bits per heavy atom. The highest BCUT2D eigenvalue weighted by Gasteiger charge is 2.25. The second-order valence-corrected chi connectivity index (χ2v) is 12.5. The second kappa shape index (κ2) is 11.7. The Balaban J connectivity index is 1.37. The molecule has 0 aliphatic rings. The van der Waals surface area contributed by atoms with Crippen molar-refractivity contribution < 1.29 is 23.4 Å². The van der Waals surface area contributed by atoms with Gasteiger partial charge in [-0.25, -0.2) is 13.2 Å². The number of carboxylic acid groups (broad SMARTS) is 1. The van der Waals surface area contributed by atoms with Gasteiger partial charge in [-0.05, 0) is 72.0 Å². The molecule has 0 fully saturated rings. The van der Waals surface area contributed by atoms with Gasteiger partial charge >= 0.3 is 5.97 Å². The van der Waals surface area contributed by atoms with Crippen LogP contribution >= 0.6 is 0 Å². The van der Waals surface area contributed by atoms with Crippen LogP contribution in [0.25, 0.3) is 21.9 Å². The molecule has 0 heterocycles. The molecule has 204 valence electrons. The lowest BCUT2D eigenvalue weighted by molar-refractivity contribution is 0.0697. The third kappa shape index (κ3) is 7.10. The third-order valence-corrected chi connectivity index (χ3v) is 8.57. The van der Waals surface area contributed by atoms with Gasteiger partial charge in [0, 0.05) is 25.7 Å². The van der Waals surface area contributed by atoms with E-state index in [1.807, 2.05) is 12.1 Å². The smallest absolute Gasteiger partial charge is 0.335 e. The number of fused-ring (bicyclic) bond motifs is 1. The van der Waals surface area contributed by atoms with Gasteiger partial charge in [-0.3, -0.25) is 0 Å². The molecule has 1 atom stereocenters. The molecule has 0 aromatic heterocycles. The van der Waals surface area contributed by atoms with Gasteiger partial charge in [0.15, 0.2) is 0 Å². The average Bonchev–Trinajstić information content (AvgIpc) is 2.92. The van der Waals surface area contributed by atoms with Crippen molar-refractivity contribution in [3.05, 3.63) is 102 Å². The summed E-state index contributed by atoms with van der Waals surface area (Å²) < 4.78 is 27.7. The summed E-state index contributed by atoms with van der Waals surface area (Å²) in [5, 5.41) is 25.5. The summed E-state index contributed by atoms with van der Waals surface area (Å²) in [6.45, 7) is 4.28. The van der Waals surface area contributed by atoms with E-state index in [0.29, 0.717) is 11.1 Å². The number of carbonyl (C=O) groups is 1. The van der Waals surface area contributed by atoms with E-state index in [1.54, 1.807) is 30.3 Å². The highest BCUT2D eigenvalue weighted by atomic mass is 32.2. The van der Waals surface area contributed by atoms with Crippen LogP contribution in [-0.2, 0) is 16.4 Å². The summed E-state index contributed by atoms with van der Waals surface area (Å²) >= 11 is 0. The molecule has 3 N–H and O–H groups in total. The number of likely N-dealkylation sites (N-methyl/N-ethyl adjacent to an activating group) is 1. The van der Waals surface area contributed by atoms with Crippen molar-refractivity contribution in [3.63, 3.8) is 0 Å². The lowest BCUT2D eigenvalue weighted by Gasteiger charge is -2.29. The first-order chi connectivity index (χ1) is 18.4. The number of β-amino-alcohol motifs (C(OH)–C–C–N with tert-alkyl or cyclic N) is 1. The number of aliphatic hydroxyl groups is 1. The number of hydrogen-bond donors (Lipinski definition) is 3. The molecule has 4 rings (SSSR count). The Morgan fingerprint density at radius 1 is 0.897 bits per heavy atom. The predicted octanol–water partition coefficient (Wildman–Crippen LogP) is 4.80. The molecule has 0 unspecified atom stereocenters. The molecular formula is C31H34N2O5S. The maximum Gasteiger partial charge on any atom is 0.335 e. The minimum absolute atomic E-state index is 0.0705. The maximum absolute atomic E-state index is 13.3. The van der Waals surface area contributed by atoms with Crippen molar-refractivity contribution in [3.8, 4) is 11.1 Å². The predicted molar refractivity (Wildman–Crippen MR) is 154 cm³/mol. The molecular weight excluding hydrogens is 512 g/mol. The molecule has 8 heteroatoms. The van der Waals surface area contributed by atoms with Gasteiger partial charge in [0.2, 0.25) is 10.0 Å². The Kier molecular flexibility index (Phi) is 8.51. The van der Waals surface area contributed by atoms with Crippen LogP contribution in [-0.4, -0.2) is 60.7 Å². The Bertz CT molecular complexity index is 1570. The van der Waals surface area contributed by atoms with Crippen LogP contribution in [0, 0.1) is 0 Å². The van der Waals surface area contributed by atoms with Crippen molar-refractivity contribution in [1.29, 1.82) is 0 Å². The van der Waals surface area contributed by atoms with Crippen molar-refractivity contribution in [2.45, 2.75) is 36.8 Å². The van der Waals surface area contributed by atoms with Gasteiger partial charge in [0.05, 0.1) is 16.6 Å². The number of aliphatic hydroxyl groups excluding tert-OH is 1. The normalized spacial score (nSPS) is 13.1. The molecule has 39 heavy (non-hydrogen) atoms. The molecule has 0 aliphatic carbocycles. The number of nitrogens with one attached hydrogen (secondary N) is 1. The van der Waals surface area contributed by atoms with E-state index < -0.39 is 22.1 Å². The van der Waals surface area contributed by atoms with E-state index in [9.17, 15) is 18.3 Å². The van der Waals surface area contributed by atoms with Crippen LogP contribution < -0.4 is 5.32 Å². The number of sulfonamides is 1. The van der Waals surface area contributed by atoms with Crippen molar-refractivity contribution >= 4 is 26.8 Å². The summed E-state index contributed by atoms with van der Waals surface area (Å²) in [5.74, 6) is -1.02. The minimum atomic E-state index is -3.86. The Hall–Kier alpha value is -3.56. The van der Waals surface area contributed by atoms with E-state index >= 15 is 0 Å². The van der Waals surface area contributed by atoms with Crippen molar-refractivity contribution in [1.82, 2.24) is 9.62 Å². The summed E-state index contributed by atoms with van der Waals surface area (Å²) in [4.78, 5) is 11.2. The first kappa shape index (κ1) is 28.4. The Morgan fingerprint density at radius 3 is 2.28 bits per heavy atom. The number of aromatic carboxylic acids is 1. The molecule has 0 amide bonds. The summed E-state index contributed by atoms with van der Waals surface area (Å²) in [7, 11) is -2.41. The molecule has 0 radical (unpaired) electrons. The zero-order chi connectivity index (χ0) is 28.2. The number of hydrogen-bond acceptors (Lipinski definition) is 5. The van der Waals surface area contributed by atoms with E-state index in [0.717, 1.165) is 10.7 Å². The van der Waals surface area contributed by atoms with Crippen LogP contribution in [0.2, 0.25) is 0 Å². The molecule has 7 nitrogen and oxygen atoms in total. The highest BCUT2D eigenvalue weighted by Crippen LogP contribution is 2.25. The van der Waals surface area contributed by atoms with Crippen molar-refractivity contribution in [2.24, 2.45) is 0 Å². The topological polar surface area (TPSA) is 107 Å². The van der Waals surface area contributed by atoms with E-state index in [1.165, 1.54) is 41.6 Å². The van der Waals surface area contributed by atoms with Crippen LogP contribution in [0.3, 0.4) is 0 Å². The number of benzene rings is 4. The second-order valence-electron chi connectivity index (χ2n) is 10.5. The molecule has 0 aliphatic heterocycles. The van der Waals surface area contributed by atoms with Crippen LogP contribution in [0.5, 0.6) is 0 Å². The maximum atomic E-state index is 13.3. The monoisotopic (exact) mass is 546 g/mol. The van der Waals surface area contributed by atoms with E-state index in [2.05, 4.69) is 49.5 Å². The molecule has 0 spiro atoms. The summed E-state index contributed by atoms with van der Waals surface area (Å²) in [5.41, 5.74) is 2.38. The Labute approximate surface area is 229 Å². The van der Waals surface area contributed by atoms with Gasteiger partial charge < -0.3 is 15.5 Å². The molecule has 0 bridgehead atoms. The fourth-order valence-corrected chi connectivity index (χ4v) is 5.85. The first-order valence-corrected chi connectivity index (χ1v) is 14.2. The standard InChI is InChI=1S/C31H34N2O5S/c1-31(2,19-22-11-12-23-7-4-5-8-26(23)17-22)32-20-28(34)21-33(3)39(37,38)29-10-6-9-27(18-29)24-13-15-25(16-14-24)30(35)36/h4-18,28,32,34H,19-21H2,1-3H3,(H,35,36)/t28-/m1/s1. The highest BCUT2D eigenvalue weighted by molar-refractivity contribution is 7.89. The van der Waals surface area contributed by atoms with Gasteiger partial charge in [-0.2, -0.15) is 4.31 Å². The van der Waals surface area contributed by atoms with Crippen LogP contribution in [0.1, 0.15) is 29.8 Å². The summed E-state index contributed by atoms with van der Waals surface area (Å²) in [6.07, 6.45) is -0.161. The zero-order valence-corrected chi connectivity index (χ0v) is 23.2. The quantitative estimate of drug-likeness (QED) is 0.250. The first-order valence-electron chi connectivity index (χ1n) is 12.8. The largest absolute Gasteiger partial charge is 0.478 e. The molecule has 4 aromatic carbocycles. The third-order valence-electron chi connectivity index (χ3n) is 6.75.